The molecule has 0 aliphatic carbocycles. The lowest BCUT2D eigenvalue weighted by atomic mass is 9.84. The summed E-state index contributed by atoms with van der Waals surface area (Å²) in [5.74, 6) is -0.303. The summed E-state index contributed by atoms with van der Waals surface area (Å²) >= 11 is 2.24. The third-order valence-corrected chi connectivity index (χ3v) is 4.68. The van der Waals surface area contributed by atoms with Crippen molar-refractivity contribution >= 4 is 28.6 Å². The minimum atomic E-state index is -0.303. The van der Waals surface area contributed by atoms with Crippen molar-refractivity contribution < 1.29 is 9.53 Å². The molecule has 2 rings (SSSR count). The molecule has 23 heavy (non-hydrogen) atoms. The van der Waals surface area contributed by atoms with E-state index in [-0.39, 0.29) is 11.4 Å². The van der Waals surface area contributed by atoms with E-state index in [9.17, 15) is 4.79 Å². The van der Waals surface area contributed by atoms with Gasteiger partial charge in [-0.15, -0.1) is 0 Å². The van der Waals surface area contributed by atoms with Crippen LogP contribution >= 0.6 is 22.6 Å². The second kappa shape index (κ2) is 6.99. The van der Waals surface area contributed by atoms with E-state index in [4.69, 9.17) is 9.72 Å². The summed E-state index contributed by atoms with van der Waals surface area (Å²) in [7, 11) is 0. The summed E-state index contributed by atoms with van der Waals surface area (Å²) in [5, 5.41) is 0. The molecule has 122 valence electrons. The molecule has 4 heteroatoms. The van der Waals surface area contributed by atoms with E-state index in [1.807, 2.05) is 44.2 Å². The number of aromatic nitrogens is 1. The topological polar surface area (TPSA) is 39.2 Å². The SMILES string of the molecule is CCOC(=O)c1c(C(C)(C)C)nc(I)c(C)c1-c1ccccc1. The Balaban J connectivity index is 2.87. The number of hydrogen-bond acceptors (Lipinski definition) is 3. The van der Waals surface area contributed by atoms with Crippen molar-refractivity contribution in [3.63, 3.8) is 0 Å². The van der Waals surface area contributed by atoms with Crippen molar-refractivity contribution in [2.45, 2.75) is 40.0 Å². The fourth-order valence-corrected chi connectivity index (χ4v) is 3.07. The van der Waals surface area contributed by atoms with Crippen molar-refractivity contribution in [2.24, 2.45) is 0 Å². The van der Waals surface area contributed by atoms with Crippen LogP contribution in [0.5, 0.6) is 0 Å². The number of carbonyl (C=O) groups is 1. The molecule has 0 fully saturated rings. The molecule has 1 heterocycles. The highest BCUT2D eigenvalue weighted by Crippen LogP contribution is 2.36. The van der Waals surface area contributed by atoms with Gasteiger partial charge in [-0.05, 0) is 47.6 Å². The summed E-state index contributed by atoms with van der Waals surface area (Å²) in [4.78, 5) is 17.4. The van der Waals surface area contributed by atoms with Gasteiger partial charge >= 0.3 is 5.97 Å². The van der Waals surface area contributed by atoms with Crippen molar-refractivity contribution in [2.75, 3.05) is 6.61 Å². The van der Waals surface area contributed by atoms with Gasteiger partial charge in [0.25, 0.3) is 0 Å². The number of halogens is 1. The molecule has 1 aromatic carbocycles. The maximum atomic E-state index is 12.7. The van der Waals surface area contributed by atoms with Crippen LogP contribution in [0.15, 0.2) is 30.3 Å². The van der Waals surface area contributed by atoms with Crippen molar-refractivity contribution in [3.05, 3.63) is 50.9 Å². The van der Waals surface area contributed by atoms with Gasteiger partial charge in [0.15, 0.2) is 0 Å². The van der Waals surface area contributed by atoms with Crippen LogP contribution in [0.1, 0.15) is 49.3 Å². The van der Waals surface area contributed by atoms with Crippen LogP contribution < -0.4 is 0 Å². The van der Waals surface area contributed by atoms with Crippen LogP contribution in [0.3, 0.4) is 0 Å². The van der Waals surface area contributed by atoms with Crippen LogP contribution in [-0.4, -0.2) is 17.6 Å². The molecule has 1 aromatic heterocycles. The number of hydrogen-bond donors (Lipinski definition) is 0. The van der Waals surface area contributed by atoms with Crippen molar-refractivity contribution in [1.82, 2.24) is 4.98 Å². The lowest BCUT2D eigenvalue weighted by Crippen LogP contribution is -2.23. The van der Waals surface area contributed by atoms with Gasteiger partial charge in [0, 0.05) is 11.0 Å². The molecule has 0 radical (unpaired) electrons. The standard InChI is InChI=1S/C19H22INO2/c1-6-23-18(22)15-14(13-10-8-7-9-11-13)12(2)17(20)21-16(15)19(3,4)5/h7-11H,6H2,1-5H3. The molecule has 0 aliphatic rings. The number of ether oxygens (including phenoxy) is 1. The van der Waals surface area contributed by atoms with Gasteiger partial charge in [0.1, 0.15) is 3.70 Å². The Kier molecular flexibility index (Phi) is 5.45. The lowest BCUT2D eigenvalue weighted by Gasteiger charge is -2.25. The molecule has 0 spiro atoms. The number of benzene rings is 1. The average molecular weight is 423 g/mol. The molecular weight excluding hydrogens is 401 g/mol. The molecule has 0 bridgehead atoms. The quantitative estimate of drug-likeness (QED) is 0.390. The summed E-state index contributed by atoms with van der Waals surface area (Å²) in [6.07, 6.45) is 0. The number of nitrogens with zero attached hydrogens (tertiary/aromatic N) is 1. The normalized spacial score (nSPS) is 11.4. The molecule has 0 saturated carbocycles. The molecule has 0 unspecified atom stereocenters. The van der Waals surface area contributed by atoms with Crippen LogP contribution in [0.25, 0.3) is 11.1 Å². The number of pyridine rings is 1. The van der Waals surface area contributed by atoms with Crippen LogP contribution in [0.2, 0.25) is 0 Å². The fourth-order valence-electron chi connectivity index (χ4n) is 2.56. The Morgan fingerprint density at radius 2 is 1.83 bits per heavy atom. The smallest absolute Gasteiger partial charge is 0.340 e. The minimum Gasteiger partial charge on any atom is -0.462 e. The molecule has 3 nitrogen and oxygen atoms in total. The van der Waals surface area contributed by atoms with Crippen molar-refractivity contribution in [3.8, 4) is 11.1 Å². The van der Waals surface area contributed by atoms with E-state index < -0.39 is 0 Å². The van der Waals surface area contributed by atoms with E-state index in [1.54, 1.807) is 0 Å². The van der Waals surface area contributed by atoms with Crippen LogP contribution in [-0.2, 0) is 10.2 Å². The zero-order valence-corrected chi connectivity index (χ0v) is 16.4. The van der Waals surface area contributed by atoms with E-state index in [2.05, 4.69) is 43.4 Å². The molecule has 2 aromatic rings. The van der Waals surface area contributed by atoms with Crippen LogP contribution in [0.4, 0.5) is 0 Å². The summed E-state index contributed by atoms with van der Waals surface area (Å²) < 4.78 is 6.26. The molecule has 0 atom stereocenters. The molecule has 0 aliphatic heterocycles. The predicted octanol–water partition coefficient (Wildman–Crippen LogP) is 5.14. The zero-order chi connectivity index (χ0) is 17.2. The number of carbonyl (C=O) groups excluding carboxylic acids is 1. The monoisotopic (exact) mass is 423 g/mol. The first-order valence-corrected chi connectivity index (χ1v) is 8.78. The van der Waals surface area contributed by atoms with Crippen LogP contribution in [0, 0.1) is 10.6 Å². The van der Waals surface area contributed by atoms with Gasteiger partial charge in [-0.3, -0.25) is 0 Å². The van der Waals surface area contributed by atoms with Gasteiger partial charge in [-0.1, -0.05) is 51.1 Å². The first kappa shape index (κ1) is 17.9. The number of rotatable bonds is 3. The Morgan fingerprint density at radius 1 is 1.22 bits per heavy atom. The van der Waals surface area contributed by atoms with Gasteiger partial charge in [-0.2, -0.15) is 0 Å². The van der Waals surface area contributed by atoms with E-state index in [0.717, 1.165) is 26.1 Å². The Hall–Kier alpha value is -1.43. The lowest BCUT2D eigenvalue weighted by molar-refractivity contribution is 0.0523. The van der Waals surface area contributed by atoms with E-state index >= 15 is 0 Å². The second-order valence-corrected chi connectivity index (χ2v) is 7.48. The minimum absolute atomic E-state index is 0.251. The highest BCUT2D eigenvalue weighted by Gasteiger charge is 2.30. The maximum Gasteiger partial charge on any atom is 0.340 e. The van der Waals surface area contributed by atoms with Crippen molar-refractivity contribution in [1.29, 1.82) is 0 Å². The first-order valence-electron chi connectivity index (χ1n) is 7.70. The summed E-state index contributed by atoms with van der Waals surface area (Å²) in [6.45, 7) is 10.4. The number of esters is 1. The summed E-state index contributed by atoms with van der Waals surface area (Å²) in [5.41, 5.74) is 4.06. The molecule has 0 saturated heterocycles. The largest absolute Gasteiger partial charge is 0.462 e. The molecular formula is C19H22INO2. The van der Waals surface area contributed by atoms with Gasteiger partial charge < -0.3 is 4.74 Å². The highest BCUT2D eigenvalue weighted by molar-refractivity contribution is 14.1. The average Bonchev–Trinajstić information content (AvgIpc) is 2.49. The summed E-state index contributed by atoms with van der Waals surface area (Å²) in [6, 6.07) is 9.97. The van der Waals surface area contributed by atoms with Gasteiger partial charge in [0.2, 0.25) is 0 Å². The Morgan fingerprint density at radius 3 is 2.35 bits per heavy atom. The van der Waals surface area contributed by atoms with E-state index in [1.165, 1.54) is 0 Å². The molecule has 0 N–H and O–H groups in total. The van der Waals surface area contributed by atoms with Gasteiger partial charge in [-0.25, -0.2) is 9.78 Å². The second-order valence-electron chi connectivity index (χ2n) is 6.46. The fraction of sp³-hybridized carbons (Fsp3) is 0.368. The molecule has 0 amide bonds. The Labute approximate surface area is 151 Å². The zero-order valence-electron chi connectivity index (χ0n) is 14.2. The Bertz CT molecular complexity index is 718. The first-order chi connectivity index (χ1) is 10.8. The third-order valence-electron chi connectivity index (χ3n) is 3.63. The van der Waals surface area contributed by atoms with Gasteiger partial charge in [0.05, 0.1) is 17.9 Å². The predicted molar refractivity (Wildman–Crippen MR) is 102 cm³/mol. The maximum absolute atomic E-state index is 12.7. The van der Waals surface area contributed by atoms with E-state index in [0.29, 0.717) is 12.2 Å². The highest BCUT2D eigenvalue weighted by atomic mass is 127. The third kappa shape index (κ3) is 3.74.